The molecule has 1 aromatic rings. The summed E-state index contributed by atoms with van der Waals surface area (Å²) in [6, 6.07) is 5.62. The average Bonchev–Trinajstić information content (AvgIpc) is 2.45. The molecular formula is C17H17Cl2FN2Pt-. The Labute approximate surface area is 162 Å². The van der Waals surface area contributed by atoms with Gasteiger partial charge in [0, 0.05) is 56.1 Å². The van der Waals surface area contributed by atoms with Gasteiger partial charge in [-0.15, -0.1) is 5.73 Å². The molecule has 0 atom stereocenters. The Bertz CT molecular complexity index is 635. The van der Waals surface area contributed by atoms with Crippen LogP contribution in [-0.4, -0.2) is 38.3 Å². The normalized spacial score (nSPS) is 13.9. The molecule has 0 N–H and O–H groups in total. The molecule has 2 rings (SSSR count). The van der Waals surface area contributed by atoms with E-state index in [4.69, 9.17) is 11.6 Å². The van der Waals surface area contributed by atoms with Gasteiger partial charge in [0.2, 0.25) is 0 Å². The number of rotatable bonds is 5. The van der Waals surface area contributed by atoms with Gasteiger partial charge in [0.05, 0.1) is 6.54 Å². The number of hydrogen-bond donors (Lipinski definition) is 0. The second-order valence-corrected chi connectivity index (χ2v) is 5.37. The zero-order valence-corrected chi connectivity index (χ0v) is 16.6. The Morgan fingerprint density at radius 1 is 1.30 bits per heavy atom. The van der Waals surface area contributed by atoms with E-state index in [-0.39, 0.29) is 39.6 Å². The molecule has 23 heavy (non-hydrogen) atoms. The molecule has 1 aliphatic rings. The molecule has 0 fully saturated rings. The predicted octanol–water partition coefficient (Wildman–Crippen LogP) is 0.932. The molecule has 0 aliphatic heterocycles. The molecule has 0 spiro atoms. The first kappa shape index (κ1) is 22.3. The molecule has 0 saturated heterocycles. The summed E-state index contributed by atoms with van der Waals surface area (Å²) < 4.78 is 13.0. The molecule has 0 bridgehead atoms. The van der Waals surface area contributed by atoms with Crippen molar-refractivity contribution < 1.29 is 37.9 Å². The second-order valence-electron chi connectivity index (χ2n) is 4.96. The van der Waals surface area contributed by atoms with Crippen LogP contribution in [0.1, 0.15) is 11.1 Å². The molecule has 0 saturated carbocycles. The van der Waals surface area contributed by atoms with Gasteiger partial charge >= 0.3 is 0 Å². The third-order valence-electron chi connectivity index (χ3n) is 3.01. The van der Waals surface area contributed by atoms with Crippen LogP contribution in [0.5, 0.6) is 0 Å². The molecule has 1 aromatic carbocycles. The topological polar surface area (TPSA) is 15.6 Å². The van der Waals surface area contributed by atoms with Crippen LogP contribution in [0, 0.1) is 6.17 Å². The molecule has 127 valence electrons. The van der Waals surface area contributed by atoms with Gasteiger partial charge in [-0.1, -0.05) is 23.7 Å². The van der Waals surface area contributed by atoms with E-state index in [0.717, 1.165) is 23.2 Å². The summed E-state index contributed by atoms with van der Waals surface area (Å²) in [6.07, 6.45) is 5.90. The zero-order chi connectivity index (χ0) is 15.2. The molecule has 0 unspecified atom stereocenters. The summed E-state index contributed by atoms with van der Waals surface area (Å²) in [7, 11) is 4.01. The summed E-state index contributed by atoms with van der Waals surface area (Å²) in [5.74, 6) is 0. The third-order valence-corrected chi connectivity index (χ3v) is 3.34. The molecule has 1 aliphatic carbocycles. The Balaban J connectivity index is 0.00000242. The Morgan fingerprint density at radius 2 is 2.04 bits per heavy atom. The number of nitrogens with zero attached hydrogens (tertiary/aromatic N) is 2. The smallest absolute Gasteiger partial charge is 0.196 e. The van der Waals surface area contributed by atoms with Crippen LogP contribution in [-0.2, 0) is 21.1 Å². The minimum absolute atomic E-state index is 0. The summed E-state index contributed by atoms with van der Waals surface area (Å²) in [5.41, 5.74) is 5.46. The molecule has 2 nitrogen and oxygen atoms in total. The van der Waals surface area contributed by atoms with Crippen molar-refractivity contribution in [3.05, 3.63) is 64.5 Å². The largest absolute Gasteiger partial charge is 1.00 e. The molecule has 0 heterocycles. The first-order valence-corrected chi connectivity index (χ1v) is 7.06. The quantitative estimate of drug-likeness (QED) is 0.406. The Morgan fingerprint density at radius 3 is 2.65 bits per heavy atom. The van der Waals surface area contributed by atoms with Crippen molar-refractivity contribution in [3.63, 3.8) is 0 Å². The van der Waals surface area contributed by atoms with Crippen LogP contribution in [0.15, 0.2) is 47.2 Å². The number of likely N-dealkylation sites (N-methyl/N-ethyl adjacent to an activating group) is 1. The molecule has 1 radical (unpaired) electrons. The van der Waals surface area contributed by atoms with E-state index in [9.17, 15) is 4.39 Å². The van der Waals surface area contributed by atoms with Gasteiger partial charge in [-0.05, 0) is 37.9 Å². The minimum atomic E-state index is -0.304. The van der Waals surface area contributed by atoms with E-state index < -0.39 is 0 Å². The van der Waals surface area contributed by atoms with Gasteiger partial charge in [0.15, 0.2) is 6.17 Å². The minimum Gasteiger partial charge on any atom is -1.00 e. The fraction of sp³-hybridized carbons (Fsp3) is 0.235. The second kappa shape index (κ2) is 11.0. The van der Waals surface area contributed by atoms with E-state index >= 15 is 0 Å². The van der Waals surface area contributed by atoms with E-state index in [0.29, 0.717) is 11.6 Å². The fourth-order valence-corrected chi connectivity index (χ4v) is 2.11. The molecule has 0 aromatic heterocycles. The Kier molecular flexibility index (Phi) is 10.6. The Hall–Kier alpha value is -0.692. The summed E-state index contributed by atoms with van der Waals surface area (Å²) in [6.45, 7) is 1.57. The first-order valence-electron chi connectivity index (χ1n) is 6.68. The third kappa shape index (κ3) is 6.75. The SMILES string of the molecule is CN(C)CCN=Cc1c(Cl)cccc1C1=C=C[C](F)C=C1.[Cl-].[Pt]. The number of aliphatic imine (C=N–C) groups is 1. The monoisotopic (exact) mass is 533 g/mol. The van der Waals surface area contributed by atoms with Gasteiger partial charge in [0.1, 0.15) is 0 Å². The van der Waals surface area contributed by atoms with Gasteiger partial charge in [-0.3, -0.25) is 4.99 Å². The maximum atomic E-state index is 13.0. The number of allylic oxidation sites excluding steroid dienone is 3. The predicted molar refractivity (Wildman–Crippen MR) is 87.4 cm³/mol. The van der Waals surface area contributed by atoms with Crippen LogP contribution in [0.2, 0.25) is 5.02 Å². The number of hydrogen-bond acceptors (Lipinski definition) is 2. The number of halogens is 3. The fourth-order valence-electron chi connectivity index (χ4n) is 1.89. The van der Waals surface area contributed by atoms with E-state index in [1.165, 1.54) is 12.2 Å². The maximum absolute atomic E-state index is 13.0. The van der Waals surface area contributed by atoms with Crippen molar-refractivity contribution in [3.8, 4) is 0 Å². The van der Waals surface area contributed by atoms with Crippen molar-refractivity contribution in [2.45, 2.75) is 0 Å². The van der Waals surface area contributed by atoms with E-state index in [1.54, 1.807) is 12.3 Å². The van der Waals surface area contributed by atoms with E-state index in [1.807, 2.05) is 32.3 Å². The van der Waals surface area contributed by atoms with Crippen molar-refractivity contribution in [1.82, 2.24) is 4.90 Å². The van der Waals surface area contributed by atoms with Crippen LogP contribution in [0.4, 0.5) is 4.39 Å². The van der Waals surface area contributed by atoms with Crippen LogP contribution < -0.4 is 12.4 Å². The summed E-state index contributed by atoms with van der Waals surface area (Å²) >= 11 is 6.26. The van der Waals surface area contributed by atoms with E-state index in [2.05, 4.69) is 15.6 Å². The zero-order valence-electron chi connectivity index (χ0n) is 12.8. The van der Waals surface area contributed by atoms with Crippen molar-refractivity contribution in [2.75, 3.05) is 27.2 Å². The van der Waals surface area contributed by atoms with Gasteiger partial charge in [-0.2, -0.15) is 0 Å². The van der Waals surface area contributed by atoms with Crippen molar-refractivity contribution in [1.29, 1.82) is 0 Å². The van der Waals surface area contributed by atoms with Crippen molar-refractivity contribution >= 4 is 23.4 Å². The standard InChI is InChI=1S/C17H17ClFN2.ClH.Pt/c1-21(2)11-10-20-12-16-15(4-3-5-17(16)18)13-6-8-14(19)9-7-13;;/h3-6,8-9,12H,10-11H2,1-2H3;1H;/p-1. The van der Waals surface area contributed by atoms with Gasteiger partial charge < -0.3 is 17.3 Å². The maximum Gasteiger partial charge on any atom is 0.196 e. The van der Waals surface area contributed by atoms with Crippen LogP contribution in [0.25, 0.3) is 5.57 Å². The van der Waals surface area contributed by atoms with Crippen LogP contribution >= 0.6 is 11.6 Å². The average molecular weight is 534 g/mol. The molecule has 6 heteroatoms. The van der Waals surface area contributed by atoms with Gasteiger partial charge in [0.25, 0.3) is 0 Å². The van der Waals surface area contributed by atoms with Crippen LogP contribution in [0.3, 0.4) is 0 Å². The van der Waals surface area contributed by atoms with Gasteiger partial charge in [-0.25, -0.2) is 4.39 Å². The number of benzene rings is 1. The molecular weight excluding hydrogens is 517 g/mol. The summed E-state index contributed by atoms with van der Waals surface area (Å²) in [4.78, 5) is 6.48. The first-order chi connectivity index (χ1) is 10.1. The summed E-state index contributed by atoms with van der Waals surface area (Å²) in [5, 5.41) is 0.624. The molecule has 0 amide bonds. The van der Waals surface area contributed by atoms with Crippen molar-refractivity contribution in [2.24, 2.45) is 4.99 Å².